The lowest BCUT2D eigenvalue weighted by molar-refractivity contribution is 0.742. The van der Waals surface area contributed by atoms with E-state index in [2.05, 4.69) is 159 Å². The Bertz CT molecular complexity index is 1150. The molecule has 0 aliphatic rings. The summed E-state index contributed by atoms with van der Waals surface area (Å²) in [6.45, 7) is 0.847. The van der Waals surface area contributed by atoms with E-state index in [9.17, 15) is 0 Å². The predicted molar refractivity (Wildman–Crippen MR) is 160 cm³/mol. The average molecular weight is 493 g/mol. The molecule has 4 nitrogen and oxygen atoms in total. The van der Waals surface area contributed by atoms with E-state index in [4.69, 9.17) is 0 Å². The van der Waals surface area contributed by atoms with Gasteiger partial charge in [0.15, 0.2) is 0 Å². The van der Waals surface area contributed by atoms with Crippen LogP contribution in [0.25, 0.3) is 0 Å². The van der Waals surface area contributed by atoms with Crippen LogP contribution in [0.5, 0.6) is 0 Å². The topological polar surface area (TPSA) is 21.8 Å². The zero-order valence-corrected chi connectivity index (χ0v) is 23.3. The molecular weight excluding hydrogens is 452 g/mol. The fraction of sp³-hybridized carbons (Fsp3) is 0.273. The maximum Gasteiger partial charge on any atom is 0.0701 e. The molecule has 4 aromatic carbocycles. The van der Waals surface area contributed by atoms with E-state index in [-0.39, 0.29) is 0 Å². The smallest absolute Gasteiger partial charge is 0.0701 e. The first kappa shape index (κ1) is 26.3. The van der Waals surface area contributed by atoms with Crippen molar-refractivity contribution in [3.05, 3.63) is 125 Å². The van der Waals surface area contributed by atoms with Gasteiger partial charge in [0.2, 0.25) is 0 Å². The molecule has 0 aliphatic heterocycles. The summed E-state index contributed by atoms with van der Waals surface area (Å²) in [4.78, 5) is 6.45. The van der Waals surface area contributed by atoms with Crippen LogP contribution in [0.2, 0.25) is 0 Å². The standard InChI is InChI=1S/C33H40N4/c1-34-24-25-8-10-26(11-9-25)33(27-12-18-30(19-13-27)35(2)3,28-14-20-31(21-15-28)36(4)5)29-16-22-32(23-17-29)37(6)7/h8-23,34H,24H2,1-7H3. The Morgan fingerprint density at radius 3 is 0.973 bits per heavy atom. The summed E-state index contributed by atoms with van der Waals surface area (Å²) in [5.74, 6) is 0. The molecular formula is C33H40N4. The second-order valence-corrected chi connectivity index (χ2v) is 10.3. The van der Waals surface area contributed by atoms with Crippen molar-refractivity contribution in [2.24, 2.45) is 0 Å². The van der Waals surface area contributed by atoms with Crippen molar-refractivity contribution < 1.29 is 0 Å². The summed E-state index contributed by atoms with van der Waals surface area (Å²) in [5, 5.41) is 3.27. The molecule has 192 valence electrons. The lowest BCUT2D eigenvalue weighted by atomic mass is 9.65. The van der Waals surface area contributed by atoms with Gasteiger partial charge in [0.05, 0.1) is 5.41 Å². The van der Waals surface area contributed by atoms with Crippen LogP contribution in [0.1, 0.15) is 27.8 Å². The van der Waals surface area contributed by atoms with Gasteiger partial charge in [0.1, 0.15) is 0 Å². The van der Waals surface area contributed by atoms with Crippen LogP contribution in [0, 0.1) is 0 Å². The Kier molecular flexibility index (Phi) is 7.89. The number of nitrogens with one attached hydrogen (secondary N) is 1. The maximum absolute atomic E-state index is 3.27. The lowest BCUT2D eigenvalue weighted by Gasteiger charge is -2.37. The highest BCUT2D eigenvalue weighted by Gasteiger charge is 2.38. The summed E-state index contributed by atoms with van der Waals surface area (Å²) in [6, 6.07) is 36.2. The minimum absolute atomic E-state index is 0.474. The number of hydrogen-bond acceptors (Lipinski definition) is 4. The van der Waals surface area contributed by atoms with E-state index >= 15 is 0 Å². The van der Waals surface area contributed by atoms with Crippen LogP contribution in [0.3, 0.4) is 0 Å². The molecule has 0 heterocycles. The maximum atomic E-state index is 3.27. The molecule has 0 aromatic heterocycles. The molecule has 0 aliphatic carbocycles. The van der Waals surface area contributed by atoms with Crippen LogP contribution in [0.4, 0.5) is 17.1 Å². The molecule has 0 spiro atoms. The third-order valence-electron chi connectivity index (χ3n) is 7.22. The summed E-state index contributed by atoms with van der Waals surface area (Å²) < 4.78 is 0. The quantitative estimate of drug-likeness (QED) is 0.290. The molecule has 0 unspecified atom stereocenters. The highest BCUT2D eigenvalue weighted by atomic mass is 15.1. The van der Waals surface area contributed by atoms with Gasteiger partial charge >= 0.3 is 0 Å². The number of anilines is 3. The lowest BCUT2D eigenvalue weighted by Crippen LogP contribution is -2.31. The molecule has 0 bridgehead atoms. The first-order chi connectivity index (χ1) is 17.8. The minimum Gasteiger partial charge on any atom is -0.378 e. The van der Waals surface area contributed by atoms with Gasteiger partial charge in [-0.1, -0.05) is 60.7 Å². The van der Waals surface area contributed by atoms with Gasteiger partial charge in [0, 0.05) is 65.9 Å². The van der Waals surface area contributed by atoms with Crippen LogP contribution in [0.15, 0.2) is 97.1 Å². The zero-order chi connectivity index (χ0) is 26.6. The molecule has 4 heteroatoms. The third-order valence-corrected chi connectivity index (χ3v) is 7.22. The van der Waals surface area contributed by atoms with Gasteiger partial charge in [0.25, 0.3) is 0 Å². The van der Waals surface area contributed by atoms with Gasteiger partial charge in [-0.3, -0.25) is 0 Å². The molecule has 4 aromatic rings. The summed E-state index contributed by atoms with van der Waals surface area (Å²) >= 11 is 0. The first-order valence-electron chi connectivity index (χ1n) is 12.8. The Morgan fingerprint density at radius 1 is 0.459 bits per heavy atom. The van der Waals surface area contributed by atoms with Crippen LogP contribution in [-0.4, -0.2) is 49.3 Å². The number of rotatable bonds is 9. The molecule has 37 heavy (non-hydrogen) atoms. The van der Waals surface area contributed by atoms with Crippen LogP contribution < -0.4 is 20.0 Å². The van der Waals surface area contributed by atoms with E-state index in [0.717, 1.165) is 6.54 Å². The van der Waals surface area contributed by atoms with Crippen molar-refractivity contribution in [1.82, 2.24) is 5.32 Å². The van der Waals surface area contributed by atoms with Crippen molar-refractivity contribution in [2.75, 3.05) is 64.0 Å². The Morgan fingerprint density at radius 2 is 0.730 bits per heavy atom. The summed E-state index contributed by atoms with van der Waals surface area (Å²) in [5.41, 5.74) is 9.35. The second-order valence-electron chi connectivity index (χ2n) is 10.3. The molecule has 0 atom stereocenters. The Labute approximate surface area is 223 Å². The molecule has 0 saturated carbocycles. The molecule has 0 saturated heterocycles. The molecule has 0 radical (unpaired) electrons. The number of hydrogen-bond donors (Lipinski definition) is 1. The van der Waals surface area contributed by atoms with E-state index in [0.29, 0.717) is 0 Å². The normalized spacial score (nSPS) is 11.3. The monoisotopic (exact) mass is 492 g/mol. The molecule has 0 amide bonds. The number of benzene rings is 4. The fourth-order valence-electron chi connectivity index (χ4n) is 5.11. The van der Waals surface area contributed by atoms with Crippen molar-refractivity contribution in [3.63, 3.8) is 0 Å². The Hall–Kier alpha value is -3.76. The molecule has 4 rings (SSSR count). The van der Waals surface area contributed by atoms with Crippen molar-refractivity contribution in [1.29, 1.82) is 0 Å². The van der Waals surface area contributed by atoms with Crippen LogP contribution in [-0.2, 0) is 12.0 Å². The average Bonchev–Trinajstić information content (AvgIpc) is 2.91. The van der Waals surface area contributed by atoms with Crippen molar-refractivity contribution in [2.45, 2.75) is 12.0 Å². The van der Waals surface area contributed by atoms with Gasteiger partial charge in [-0.2, -0.15) is 0 Å². The van der Waals surface area contributed by atoms with Crippen LogP contribution >= 0.6 is 0 Å². The summed E-state index contributed by atoms with van der Waals surface area (Å²) in [7, 11) is 14.5. The van der Waals surface area contributed by atoms with Crippen molar-refractivity contribution in [3.8, 4) is 0 Å². The largest absolute Gasteiger partial charge is 0.378 e. The molecule has 1 N–H and O–H groups in total. The highest BCUT2D eigenvalue weighted by Crippen LogP contribution is 2.46. The molecule has 0 fully saturated rings. The van der Waals surface area contributed by atoms with E-state index < -0.39 is 5.41 Å². The number of nitrogens with zero attached hydrogens (tertiary/aromatic N) is 3. The fourth-order valence-corrected chi connectivity index (χ4v) is 5.11. The zero-order valence-electron chi connectivity index (χ0n) is 23.3. The van der Waals surface area contributed by atoms with E-state index in [1.54, 1.807) is 0 Å². The van der Waals surface area contributed by atoms with Gasteiger partial charge in [-0.05, 0) is 71.3 Å². The van der Waals surface area contributed by atoms with E-state index in [1.807, 2.05) is 7.05 Å². The second kappa shape index (κ2) is 11.1. The van der Waals surface area contributed by atoms with E-state index in [1.165, 1.54) is 44.9 Å². The Balaban J connectivity index is 2.04. The predicted octanol–water partition coefficient (Wildman–Crippen LogP) is 5.99. The van der Waals surface area contributed by atoms with Gasteiger partial charge in [-0.25, -0.2) is 0 Å². The summed E-state index contributed by atoms with van der Waals surface area (Å²) in [6.07, 6.45) is 0. The third kappa shape index (κ3) is 5.21. The van der Waals surface area contributed by atoms with Gasteiger partial charge < -0.3 is 20.0 Å². The SMILES string of the molecule is CNCc1ccc(C(c2ccc(N(C)C)cc2)(c2ccc(N(C)C)cc2)c2ccc(N(C)C)cc2)cc1. The highest BCUT2D eigenvalue weighted by molar-refractivity contribution is 5.64. The minimum atomic E-state index is -0.474. The first-order valence-corrected chi connectivity index (χ1v) is 12.8. The van der Waals surface area contributed by atoms with Crippen molar-refractivity contribution >= 4 is 17.1 Å². The van der Waals surface area contributed by atoms with Gasteiger partial charge in [-0.15, -0.1) is 0 Å².